The van der Waals surface area contributed by atoms with Gasteiger partial charge in [-0.3, -0.25) is 4.90 Å². The summed E-state index contributed by atoms with van der Waals surface area (Å²) in [5.74, 6) is 1.45. The fraction of sp³-hybridized carbons (Fsp3) is 0.846. The second-order valence-electron chi connectivity index (χ2n) is 5.56. The smallest absolute Gasteiger partial charge is 0.228 e. The lowest BCUT2D eigenvalue weighted by molar-refractivity contribution is 0.108. The summed E-state index contributed by atoms with van der Waals surface area (Å²) in [6.45, 7) is 5.18. The van der Waals surface area contributed by atoms with Gasteiger partial charge >= 0.3 is 0 Å². The number of hydrogen-bond acceptors (Lipinski definition) is 6. The molecule has 1 aromatic rings. The molecule has 2 rings (SSSR count). The molecule has 108 valence electrons. The summed E-state index contributed by atoms with van der Waals surface area (Å²) >= 11 is 0. The maximum atomic E-state index is 6.01. The van der Waals surface area contributed by atoms with E-state index in [0.29, 0.717) is 12.3 Å². The van der Waals surface area contributed by atoms with Crippen molar-refractivity contribution in [1.29, 1.82) is 0 Å². The van der Waals surface area contributed by atoms with Crippen LogP contribution in [0.25, 0.3) is 0 Å². The van der Waals surface area contributed by atoms with Crippen LogP contribution < -0.4 is 5.73 Å². The molecule has 19 heavy (non-hydrogen) atoms. The molecule has 6 nitrogen and oxygen atoms in total. The monoisotopic (exact) mass is 267 g/mol. The van der Waals surface area contributed by atoms with E-state index >= 15 is 0 Å². The highest BCUT2D eigenvalue weighted by Gasteiger charge is 2.28. The van der Waals surface area contributed by atoms with E-state index in [4.69, 9.17) is 10.3 Å². The molecule has 1 aromatic heterocycles. The third-order valence-electron chi connectivity index (χ3n) is 3.73. The molecular weight excluding hydrogens is 242 g/mol. The van der Waals surface area contributed by atoms with Crippen LogP contribution in [0.5, 0.6) is 0 Å². The molecule has 6 heteroatoms. The summed E-state index contributed by atoms with van der Waals surface area (Å²) in [7, 11) is 4.23. The van der Waals surface area contributed by atoms with Gasteiger partial charge in [0.1, 0.15) is 0 Å². The minimum Gasteiger partial charge on any atom is -0.339 e. The van der Waals surface area contributed by atoms with Crippen molar-refractivity contribution in [2.24, 2.45) is 5.73 Å². The van der Waals surface area contributed by atoms with E-state index in [2.05, 4.69) is 41.0 Å². The third-order valence-corrected chi connectivity index (χ3v) is 3.73. The van der Waals surface area contributed by atoms with Gasteiger partial charge < -0.3 is 15.2 Å². The van der Waals surface area contributed by atoms with E-state index in [1.165, 1.54) is 0 Å². The molecule has 0 amide bonds. The first-order chi connectivity index (χ1) is 9.10. The fourth-order valence-corrected chi connectivity index (χ4v) is 2.47. The molecule has 1 fully saturated rings. The lowest BCUT2D eigenvalue weighted by atomic mass is 10.1. The first kappa shape index (κ1) is 14.4. The Bertz CT molecular complexity index is 394. The summed E-state index contributed by atoms with van der Waals surface area (Å²) in [6.07, 6.45) is 2.75. The second kappa shape index (κ2) is 6.45. The Balaban J connectivity index is 1.99. The van der Waals surface area contributed by atoms with Gasteiger partial charge in [0.05, 0.1) is 6.04 Å². The van der Waals surface area contributed by atoms with Gasteiger partial charge in [0, 0.05) is 32.1 Å². The van der Waals surface area contributed by atoms with E-state index in [9.17, 15) is 0 Å². The van der Waals surface area contributed by atoms with Crippen LogP contribution in [0.2, 0.25) is 0 Å². The van der Waals surface area contributed by atoms with Crippen molar-refractivity contribution < 1.29 is 4.52 Å². The quantitative estimate of drug-likeness (QED) is 0.845. The van der Waals surface area contributed by atoms with Gasteiger partial charge in [0.15, 0.2) is 5.82 Å². The van der Waals surface area contributed by atoms with E-state index in [-0.39, 0.29) is 12.1 Å². The molecule has 0 saturated carbocycles. The van der Waals surface area contributed by atoms with Crippen LogP contribution in [0, 0.1) is 0 Å². The minimum absolute atomic E-state index is 0.116. The number of rotatable bonds is 5. The maximum absolute atomic E-state index is 6.01. The molecule has 0 radical (unpaired) electrons. The van der Waals surface area contributed by atoms with Gasteiger partial charge in [-0.15, -0.1) is 0 Å². The van der Waals surface area contributed by atoms with E-state index in [1.54, 1.807) is 0 Å². The van der Waals surface area contributed by atoms with Crippen LogP contribution in [-0.2, 0) is 6.42 Å². The summed E-state index contributed by atoms with van der Waals surface area (Å²) in [4.78, 5) is 9.09. The van der Waals surface area contributed by atoms with Crippen LogP contribution in [0.3, 0.4) is 0 Å². The van der Waals surface area contributed by atoms with Crippen LogP contribution in [0.1, 0.15) is 37.5 Å². The highest BCUT2D eigenvalue weighted by molar-refractivity contribution is 4.98. The predicted octanol–water partition coefficient (Wildman–Crippen LogP) is 0.658. The van der Waals surface area contributed by atoms with Gasteiger partial charge in [-0.05, 0) is 20.5 Å². The minimum atomic E-state index is 0.116. The van der Waals surface area contributed by atoms with Crippen molar-refractivity contribution in [3.8, 4) is 0 Å². The third kappa shape index (κ3) is 3.75. The predicted molar refractivity (Wildman–Crippen MR) is 73.8 cm³/mol. The summed E-state index contributed by atoms with van der Waals surface area (Å²) in [5.41, 5.74) is 6.01. The number of hydrogen-bond donors (Lipinski definition) is 1. The zero-order chi connectivity index (χ0) is 13.8. The van der Waals surface area contributed by atoms with Gasteiger partial charge in [0.2, 0.25) is 5.89 Å². The van der Waals surface area contributed by atoms with Crippen molar-refractivity contribution in [3.05, 3.63) is 11.7 Å². The summed E-state index contributed by atoms with van der Waals surface area (Å²) in [5, 5.41) is 4.13. The number of piperazine rings is 1. The average molecular weight is 267 g/mol. The summed E-state index contributed by atoms with van der Waals surface area (Å²) < 4.78 is 5.33. The highest BCUT2D eigenvalue weighted by atomic mass is 16.5. The van der Waals surface area contributed by atoms with Crippen molar-refractivity contribution in [3.63, 3.8) is 0 Å². The van der Waals surface area contributed by atoms with Crippen LogP contribution in [0.15, 0.2) is 4.52 Å². The largest absolute Gasteiger partial charge is 0.339 e. The van der Waals surface area contributed by atoms with Crippen LogP contribution in [-0.4, -0.2) is 59.7 Å². The molecule has 2 unspecified atom stereocenters. The van der Waals surface area contributed by atoms with Crippen molar-refractivity contribution in [1.82, 2.24) is 19.9 Å². The number of likely N-dealkylation sites (N-methyl/N-ethyl adjacent to an activating group) is 2. The zero-order valence-electron chi connectivity index (χ0n) is 12.2. The van der Waals surface area contributed by atoms with E-state index < -0.39 is 0 Å². The van der Waals surface area contributed by atoms with Crippen molar-refractivity contribution in [2.45, 2.75) is 38.3 Å². The lowest BCUT2D eigenvalue weighted by Gasteiger charge is -2.35. The lowest BCUT2D eigenvalue weighted by Crippen LogP contribution is -2.45. The molecule has 1 aliphatic heterocycles. The van der Waals surface area contributed by atoms with Gasteiger partial charge in [-0.25, -0.2) is 0 Å². The number of nitrogens with zero attached hydrogens (tertiary/aromatic N) is 4. The zero-order valence-corrected chi connectivity index (χ0v) is 12.2. The molecular formula is C13H25N5O. The second-order valence-corrected chi connectivity index (χ2v) is 5.56. The van der Waals surface area contributed by atoms with Gasteiger partial charge in [-0.1, -0.05) is 18.5 Å². The van der Waals surface area contributed by atoms with Crippen molar-refractivity contribution in [2.75, 3.05) is 33.7 Å². The SMILES string of the molecule is CCCC(N)Cc1nc(C2CN(C)CCN2C)no1. The Hall–Kier alpha value is -0.980. The number of nitrogens with two attached hydrogens (primary N) is 1. The van der Waals surface area contributed by atoms with Gasteiger partial charge in [-0.2, -0.15) is 4.98 Å². The Labute approximate surface area is 114 Å². The Morgan fingerprint density at radius 3 is 2.95 bits per heavy atom. The fourth-order valence-electron chi connectivity index (χ4n) is 2.47. The Morgan fingerprint density at radius 1 is 1.42 bits per heavy atom. The Morgan fingerprint density at radius 2 is 2.21 bits per heavy atom. The molecule has 1 aliphatic rings. The van der Waals surface area contributed by atoms with Gasteiger partial charge in [0.25, 0.3) is 0 Å². The van der Waals surface area contributed by atoms with Crippen molar-refractivity contribution >= 4 is 0 Å². The topological polar surface area (TPSA) is 71.4 Å². The van der Waals surface area contributed by atoms with E-state index in [0.717, 1.165) is 38.3 Å². The van der Waals surface area contributed by atoms with Crippen LogP contribution >= 0.6 is 0 Å². The highest BCUT2D eigenvalue weighted by Crippen LogP contribution is 2.21. The molecule has 0 spiro atoms. The average Bonchev–Trinajstić information content (AvgIpc) is 2.81. The summed E-state index contributed by atoms with van der Waals surface area (Å²) in [6, 6.07) is 0.337. The normalized spacial score (nSPS) is 23.7. The number of aromatic nitrogens is 2. The first-order valence-corrected chi connectivity index (χ1v) is 7.07. The molecule has 0 bridgehead atoms. The molecule has 2 N–H and O–H groups in total. The standard InChI is InChI=1S/C13H25N5O/c1-4-5-10(14)8-12-15-13(16-19-12)11-9-17(2)6-7-18(11)3/h10-11H,4-9,14H2,1-3H3. The maximum Gasteiger partial charge on any atom is 0.228 e. The molecule has 2 heterocycles. The first-order valence-electron chi connectivity index (χ1n) is 7.07. The van der Waals surface area contributed by atoms with E-state index in [1.807, 2.05) is 0 Å². The molecule has 2 atom stereocenters. The van der Waals surface area contributed by atoms with Crippen LogP contribution in [0.4, 0.5) is 0 Å². The molecule has 0 aromatic carbocycles. The Kier molecular flexibility index (Phi) is 4.90. The molecule has 0 aliphatic carbocycles. The molecule has 1 saturated heterocycles.